The molecule has 8 rings (SSSR count). The van der Waals surface area contributed by atoms with Crippen LogP contribution in [0, 0.1) is 0 Å². The van der Waals surface area contributed by atoms with Crippen molar-refractivity contribution in [1.82, 2.24) is 35.9 Å². The number of aliphatic carboxylic acids is 1. The summed E-state index contributed by atoms with van der Waals surface area (Å²) < 4.78 is 0. The highest BCUT2D eigenvalue weighted by Crippen LogP contribution is 2.23. The van der Waals surface area contributed by atoms with Crippen molar-refractivity contribution in [2.24, 2.45) is 5.73 Å². The Kier molecular flexibility index (Phi) is 10.3. The zero-order valence-corrected chi connectivity index (χ0v) is 30.8. The van der Waals surface area contributed by atoms with Crippen LogP contribution in [0.2, 0.25) is 0 Å². The lowest BCUT2D eigenvalue weighted by Gasteiger charge is -2.25. The Labute approximate surface area is 326 Å². The monoisotopic (exact) mass is 762 g/mol. The predicted molar refractivity (Wildman–Crippen MR) is 219 cm³/mol. The second-order valence-electron chi connectivity index (χ2n) is 14.4. The number of carboxylic acid groups (broad SMARTS) is 1. The van der Waals surface area contributed by atoms with Crippen molar-refractivity contribution in [1.29, 1.82) is 0 Å². The molecule has 0 aliphatic heterocycles. The van der Waals surface area contributed by atoms with Crippen LogP contribution in [0.15, 0.2) is 122 Å². The van der Waals surface area contributed by atoms with Crippen LogP contribution < -0.4 is 21.7 Å². The molecule has 4 unspecified atom stereocenters. The normalized spacial score (nSPS) is 13.7. The number of hydrogen-bond donors (Lipinski definition) is 9. The second-order valence-corrected chi connectivity index (χ2v) is 14.4. The third-order valence-corrected chi connectivity index (χ3v) is 10.6. The number of benzene rings is 4. The highest BCUT2D eigenvalue weighted by atomic mass is 16.4. The van der Waals surface area contributed by atoms with E-state index >= 15 is 0 Å². The number of nitrogens with one attached hydrogen (secondary N) is 7. The Morgan fingerprint density at radius 2 is 0.754 bits per heavy atom. The number of rotatable bonds is 15. The molecule has 13 heteroatoms. The Morgan fingerprint density at radius 1 is 0.456 bits per heavy atom. The van der Waals surface area contributed by atoms with Crippen molar-refractivity contribution in [3.05, 3.63) is 144 Å². The molecule has 0 saturated carbocycles. The summed E-state index contributed by atoms with van der Waals surface area (Å²) in [5.74, 6) is -3.08. The minimum Gasteiger partial charge on any atom is -0.480 e. The molecule has 0 aliphatic rings. The van der Waals surface area contributed by atoms with Crippen LogP contribution in [0.4, 0.5) is 0 Å². The van der Waals surface area contributed by atoms with E-state index in [0.717, 1.165) is 65.9 Å². The van der Waals surface area contributed by atoms with Gasteiger partial charge in [0.05, 0.1) is 6.04 Å². The average molecular weight is 763 g/mol. The molecule has 288 valence electrons. The maximum Gasteiger partial charge on any atom is 0.326 e. The molecule has 10 N–H and O–H groups in total. The molecule has 13 nitrogen and oxygen atoms in total. The fourth-order valence-corrected chi connectivity index (χ4v) is 7.63. The first-order valence-electron chi connectivity index (χ1n) is 18.8. The fourth-order valence-electron chi connectivity index (χ4n) is 7.63. The molecule has 3 amide bonds. The maximum absolute atomic E-state index is 14.5. The lowest BCUT2D eigenvalue weighted by Crippen LogP contribution is -2.58. The van der Waals surface area contributed by atoms with Gasteiger partial charge in [0.25, 0.3) is 0 Å². The number of H-pyrrole nitrogens is 4. The summed E-state index contributed by atoms with van der Waals surface area (Å²) >= 11 is 0. The molecular formula is C44H42N8O5. The maximum atomic E-state index is 14.5. The van der Waals surface area contributed by atoms with E-state index in [1.165, 1.54) is 0 Å². The average Bonchev–Trinajstić information content (AvgIpc) is 4.03. The highest BCUT2D eigenvalue weighted by Gasteiger charge is 2.32. The van der Waals surface area contributed by atoms with Crippen molar-refractivity contribution in [2.75, 3.05) is 0 Å². The Bertz CT molecular complexity index is 2740. The Morgan fingerprint density at radius 3 is 1.12 bits per heavy atom. The first kappa shape index (κ1) is 36.8. The van der Waals surface area contributed by atoms with Crippen LogP contribution in [-0.2, 0) is 44.9 Å². The van der Waals surface area contributed by atoms with Crippen molar-refractivity contribution >= 4 is 67.3 Å². The molecule has 0 radical (unpaired) electrons. The number of aromatic amines is 4. The fraction of sp³-hybridized carbons (Fsp3) is 0.182. The van der Waals surface area contributed by atoms with Gasteiger partial charge < -0.3 is 46.7 Å². The number of hydrogen-bond acceptors (Lipinski definition) is 5. The van der Waals surface area contributed by atoms with E-state index in [0.29, 0.717) is 0 Å². The zero-order valence-electron chi connectivity index (χ0n) is 30.8. The highest BCUT2D eigenvalue weighted by molar-refractivity contribution is 5.96. The summed E-state index contributed by atoms with van der Waals surface area (Å²) in [7, 11) is 0. The van der Waals surface area contributed by atoms with E-state index < -0.39 is 47.9 Å². The molecule has 4 heterocycles. The van der Waals surface area contributed by atoms with Gasteiger partial charge in [-0.3, -0.25) is 14.4 Å². The van der Waals surface area contributed by atoms with Crippen LogP contribution >= 0.6 is 0 Å². The molecule has 57 heavy (non-hydrogen) atoms. The number of nitrogens with two attached hydrogens (primary N) is 1. The minimum atomic E-state index is -1.30. The number of carboxylic acids is 1. The first-order chi connectivity index (χ1) is 27.7. The van der Waals surface area contributed by atoms with Crippen LogP contribution in [0.25, 0.3) is 43.6 Å². The molecule has 0 spiro atoms. The van der Waals surface area contributed by atoms with Crippen LogP contribution in [0.5, 0.6) is 0 Å². The summed E-state index contributed by atoms with van der Waals surface area (Å²) in [5.41, 5.74) is 13.1. The van der Waals surface area contributed by atoms with Crippen molar-refractivity contribution < 1.29 is 24.3 Å². The van der Waals surface area contributed by atoms with Gasteiger partial charge in [-0.1, -0.05) is 72.8 Å². The summed E-state index contributed by atoms with van der Waals surface area (Å²) in [6.07, 6.45) is 7.47. The van der Waals surface area contributed by atoms with E-state index in [2.05, 4.69) is 35.9 Å². The summed E-state index contributed by atoms with van der Waals surface area (Å²) in [5, 5.41) is 22.3. The standard InChI is InChI=1S/C44H42N8O5/c45-33(17-25-21-46-34-13-5-1-9-29(25)34)41(53)50-38(18-26-22-47-35-14-6-2-10-30(26)35)42(54)51-39(19-27-23-48-36-15-7-3-11-31(27)36)43(55)52-40(44(56)57)20-28-24-49-37-16-8-4-12-32(28)37/h1-16,21-24,33,38-40,46-49H,17-20,45H2,(H,50,53)(H,51,54)(H,52,55)(H,56,57). The van der Waals surface area contributed by atoms with Gasteiger partial charge in [-0.25, -0.2) is 4.79 Å². The van der Waals surface area contributed by atoms with Crippen molar-refractivity contribution in [3.63, 3.8) is 0 Å². The van der Waals surface area contributed by atoms with Crippen LogP contribution in [-0.4, -0.2) is 72.9 Å². The van der Waals surface area contributed by atoms with Gasteiger partial charge in [0.1, 0.15) is 18.1 Å². The number of carbonyl (C=O) groups excluding carboxylic acids is 3. The minimum absolute atomic E-state index is 0.00635. The van der Waals surface area contributed by atoms with E-state index in [1.807, 2.05) is 103 Å². The molecule has 8 aromatic rings. The lowest BCUT2D eigenvalue weighted by molar-refractivity contribution is -0.142. The van der Waals surface area contributed by atoms with Crippen LogP contribution in [0.3, 0.4) is 0 Å². The van der Waals surface area contributed by atoms with Crippen molar-refractivity contribution in [3.8, 4) is 0 Å². The van der Waals surface area contributed by atoms with Gasteiger partial charge in [-0.2, -0.15) is 0 Å². The van der Waals surface area contributed by atoms with Gasteiger partial charge in [-0.15, -0.1) is 0 Å². The van der Waals surface area contributed by atoms with Gasteiger partial charge in [0, 0.05) is 87.7 Å². The van der Waals surface area contributed by atoms with Crippen molar-refractivity contribution in [2.45, 2.75) is 49.9 Å². The summed E-state index contributed by atoms with van der Waals surface area (Å²) in [6, 6.07) is 25.8. The molecule has 0 aliphatic carbocycles. The smallest absolute Gasteiger partial charge is 0.326 e. The molecule has 4 aromatic carbocycles. The van der Waals surface area contributed by atoms with Gasteiger partial charge in [0.2, 0.25) is 17.7 Å². The topological polar surface area (TPSA) is 214 Å². The van der Waals surface area contributed by atoms with E-state index in [4.69, 9.17) is 5.73 Å². The Balaban J connectivity index is 1.07. The number of carbonyl (C=O) groups is 4. The quantitative estimate of drug-likeness (QED) is 0.0719. The number of amides is 3. The molecule has 4 atom stereocenters. The first-order valence-corrected chi connectivity index (χ1v) is 18.8. The zero-order chi connectivity index (χ0) is 39.5. The summed E-state index contributed by atoms with van der Waals surface area (Å²) in [6.45, 7) is 0. The van der Waals surface area contributed by atoms with Gasteiger partial charge >= 0.3 is 5.97 Å². The Hall–Kier alpha value is -7.12. The largest absolute Gasteiger partial charge is 0.480 e. The third kappa shape index (κ3) is 7.86. The molecule has 0 saturated heterocycles. The van der Waals surface area contributed by atoms with Crippen LogP contribution in [0.1, 0.15) is 22.3 Å². The molecular weight excluding hydrogens is 721 g/mol. The lowest BCUT2D eigenvalue weighted by atomic mass is 10.00. The van der Waals surface area contributed by atoms with Gasteiger partial charge in [0.15, 0.2) is 0 Å². The number of para-hydroxylation sites is 4. The molecule has 0 fully saturated rings. The molecule has 4 aromatic heterocycles. The second kappa shape index (κ2) is 15.9. The van der Waals surface area contributed by atoms with E-state index in [1.54, 1.807) is 18.6 Å². The van der Waals surface area contributed by atoms with Gasteiger partial charge in [-0.05, 0) is 52.9 Å². The SMILES string of the molecule is NC(Cc1c[nH]c2ccccc12)C(=O)NC(Cc1c[nH]c2ccccc12)C(=O)NC(Cc1c[nH]c2ccccc12)C(=O)NC(Cc1c[nH]c2ccccc12)C(=O)O. The predicted octanol–water partition coefficient (Wildman–Crippen LogP) is 4.75. The number of aromatic nitrogens is 4. The van der Waals surface area contributed by atoms with E-state index in [9.17, 15) is 24.3 Å². The number of fused-ring (bicyclic) bond motifs is 4. The summed E-state index contributed by atoms with van der Waals surface area (Å²) in [4.78, 5) is 68.0. The third-order valence-electron chi connectivity index (χ3n) is 10.6. The van der Waals surface area contributed by atoms with E-state index in [-0.39, 0.29) is 25.7 Å². The molecule has 0 bridgehead atoms.